The molecule has 0 spiro atoms. The summed E-state index contributed by atoms with van der Waals surface area (Å²) >= 11 is 12.4. The van der Waals surface area contributed by atoms with Gasteiger partial charge in [-0.05, 0) is 62.4 Å². The van der Waals surface area contributed by atoms with E-state index in [2.05, 4.69) is 10.5 Å². The molecule has 0 aliphatic carbocycles. The number of hydrazone groups is 1. The van der Waals surface area contributed by atoms with E-state index in [0.717, 1.165) is 21.4 Å². The Morgan fingerprint density at radius 3 is 2.13 bits per heavy atom. The molecule has 11 nitrogen and oxygen atoms in total. The number of hydrogen-bond donors (Lipinski definition) is 1. The first-order valence-electron chi connectivity index (χ1n) is 13.4. The molecule has 0 bridgehead atoms. The smallest absolute Gasteiger partial charge is 0.265 e. The third kappa shape index (κ3) is 7.30. The van der Waals surface area contributed by atoms with Crippen LogP contribution in [0.25, 0.3) is 5.69 Å². The Bertz CT molecular complexity index is 1840. The van der Waals surface area contributed by atoms with E-state index < -0.39 is 22.5 Å². The van der Waals surface area contributed by atoms with E-state index in [-0.39, 0.29) is 22.1 Å². The van der Waals surface area contributed by atoms with Crippen molar-refractivity contribution in [3.8, 4) is 28.7 Å². The molecular formula is C31H32Cl2N4O7S. The molecule has 0 saturated heterocycles. The average Bonchev–Trinajstić information content (AvgIpc) is 3.30. The average molecular weight is 676 g/mol. The minimum Gasteiger partial charge on any atom is -0.497 e. The summed E-state index contributed by atoms with van der Waals surface area (Å²) in [7, 11) is 1.30. The van der Waals surface area contributed by atoms with Crippen molar-refractivity contribution in [3.05, 3.63) is 87.7 Å². The Balaban J connectivity index is 1.66. The second-order valence-electron chi connectivity index (χ2n) is 9.65. The molecule has 3 aromatic carbocycles. The molecular weight excluding hydrogens is 643 g/mol. The lowest BCUT2D eigenvalue weighted by atomic mass is 10.2. The first-order valence-corrected chi connectivity index (χ1v) is 15.6. The molecule has 1 heterocycles. The highest BCUT2D eigenvalue weighted by molar-refractivity contribution is 7.92. The molecule has 0 saturated carbocycles. The maximum atomic E-state index is 14.1. The van der Waals surface area contributed by atoms with Crippen LogP contribution in [0.4, 0.5) is 5.69 Å². The summed E-state index contributed by atoms with van der Waals surface area (Å²) in [5.74, 6) is 0.378. The highest BCUT2D eigenvalue weighted by atomic mass is 35.5. The number of benzene rings is 3. The van der Waals surface area contributed by atoms with Crippen molar-refractivity contribution in [1.82, 2.24) is 9.99 Å². The molecule has 14 heteroatoms. The minimum absolute atomic E-state index is 0.0782. The van der Waals surface area contributed by atoms with Gasteiger partial charge in [0.15, 0.2) is 11.5 Å². The maximum absolute atomic E-state index is 14.1. The number of amides is 1. The van der Waals surface area contributed by atoms with Crippen LogP contribution in [-0.2, 0) is 14.8 Å². The number of methoxy groups -OCH3 is 4. The lowest BCUT2D eigenvalue weighted by molar-refractivity contribution is -0.119. The molecule has 4 aromatic rings. The monoisotopic (exact) mass is 674 g/mol. The van der Waals surface area contributed by atoms with Crippen LogP contribution in [0.3, 0.4) is 0 Å². The lowest BCUT2D eigenvalue weighted by Crippen LogP contribution is -2.39. The van der Waals surface area contributed by atoms with Crippen molar-refractivity contribution in [2.75, 3.05) is 39.3 Å². The highest BCUT2D eigenvalue weighted by Crippen LogP contribution is 2.37. The van der Waals surface area contributed by atoms with E-state index in [0.29, 0.717) is 27.1 Å². The molecule has 1 aromatic heterocycles. The zero-order chi connectivity index (χ0) is 32.9. The Morgan fingerprint density at radius 1 is 0.867 bits per heavy atom. The standard InChI is InChI=1S/C31H32Cl2N4O7S/c1-19-11-21(20(2)37(19)24-13-22(32)12-23(33)14-24)17-34-35-31(38)18-36(27-15-25(41-3)7-9-28(27)42-4)45(39,40)26-8-10-29(43-5)30(16-26)44-6/h7-17H,18H2,1-6H3,(H,35,38)/b34-17-. The fraction of sp³-hybridized carbons (Fsp3) is 0.226. The van der Waals surface area contributed by atoms with Gasteiger partial charge in [-0.25, -0.2) is 13.8 Å². The van der Waals surface area contributed by atoms with E-state index in [1.54, 1.807) is 30.3 Å². The minimum atomic E-state index is -4.36. The normalized spacial score (nSPS) is 11.4. The van der Waals surface area contributed by atoms with Crippen molar-refractivity contribution in [2.45, 2.75) is 18.7 Å². The van der Waals surface area contributed by atoms with Crippen LogP contribution in [0.15, 0.2) is 70.7 Å². The van der Waals surface area contributed by atoms with E-state index in [4.69, 9.17) is 42.1 Å². The molecule has 4 rings (SSSR count). The molecule has 0 aliphatic rings. The van der Waals surface area contributed by atoms with Gasteiger partial charge in [0.25, 0.3) is 15.9 Å². The van der Waals surface area contributed by atoms with Gasteiger partial charge in [0.05, 0.1) is 45.2 Å². The molecule has 1 N–H and O–H groups in total. The number of nitrogens with one attached hydrogen (secondary N) is 1. The number of halogens is 2. The Labute approximate surface area is 271 Å². The first kappa shape index (κ1) is 33.5. The van der Waals surface area contributed by atoms with Crippen molar-refractivity contribution in [1.29, 1.82) is 0 Å². The number of aryl methyl sites for hydroxylation is 1. The van der Waals surface area contributed by atoms with E-state index >= 15 is 0 Å². The van der Waals surface area contributed by atoms with Crippen LogP contribution in [-0.4, -0.2) is 60.1 Å². The third-order valence-corrected chi connectivity index (χ3v) is 9.05. The first-order chi connectivity index (χ1) is 21.4. The summed E-state index contributed by atoms with van der Waals surface area (Å²) < 4.78 is 52.3. The number of nitrogens with zero attached hydrogens (tertiary/aromatic N) is 3. The number of carbonyl (C=O) groups is 1. The summed E-state index contributed by atoms with van der Waals surface area (Å²) in [5.41, 5.74) is 5.71. The lowest BCUT2D eigenvalue weighted by Gasteiger charge is -2.26. The van der Waals surface area contributed by atoms with Crippen LogP contribution < -0.4 is 28.7 Å². The second kappa shape index (κ2) is 14.1. The fourth-order valence-corrected chi connectivity index (χ4v) is 6.67. The van der Waals surface area contributed by atoms with Crippen LogP contribution in [0.5, 0.6) is 23.0 Å². The molecule has 0 fully saturated rings. The van der Waals surface area contributed by atoms with E-state index in [9.17, 15) is 13.2 Å². The number of ether oxygens (including phenoxy) is 4. The number of hydrogen-bond acceptors (Lipinski definition) is 8. The molecule has 45 heavy (non-hydrogen) atoms. The predicted molar refractivity (Wildman–Crippen MR) is 175 cm³/mol. The second-order valence-corrected chi connectivity index (χ2v) is 12.4. The largest absolute Gasteiger partial charge is 0.497 e. The van der Waals surface area contributed by atoms with Crippen molar-refractivity contribution in [2.24, 2.45) is 5.10 Å². The molecule has 0 radical (unpaired) electrons. The molecule has 0 aliphatic heterocycles. The summed E-state index contributed by atoms with van der Waals surface area (Å²) in [6.45, 7) is 3.16. The van der Waals surface area contributed by atoms with Crippen LogP contribution in [0.2, 0.25) is 10.0 Å². The van der Waals surface area contributed by atoms with Gasteiger partial charge in [0, 0.05) is 44.8 Å². The quantitative estimate of drug-likeness (QED) is 0.149. The van der Waals surface area contributed by atoms with E-state index in [1.165, 1.54) is 58.9 Å². The number of carbonyl (C=O) groups excluding carboxylic acids is 1. The Morgan fingerprint density at radius 2 is 1.51 bits per heavy atom. The van der Waals surface area contributed by atoms with Crippen LogP contribution in [0, 0.1) is 13.8 Å². The van der Waals surface area contributed by atoms with Gasteiger partial charge >= 0.3 is 0 Å². The number of rotatable bonds is 12. The molecule has 238 valence electrons. The summed E-state index contributed by atoms with van der Waals surface area (Å²) in [5, 5.41) is 5.10. The predicted octanol–water partition coefficient (Wildman–Crippen LogP) is 5.78. The van der Waals surface area contributed by atoms with Gasteiger partial charge in [-0.3, -0.25) is 9.10 Å². The zero-order valence-electron chi connectivity index (χ0n) is 25.4. The van der Waals surface area contributed by atoms with E-state index in [1.807, 2.05) is 24.5 Å². The van der Waals surface area contributed by atoms with Gasteiger partial charge in [-0.2, -0.15) is 5.10 Å². The van der Waals surface area contributed by atoms with Gasteiger partial charge < -0.3 is 23.5 Å². The maximum Gasteiger partial charge on any atom is 0.265 e. The zero-order valence-corrected chi connectivity index (χ0v) is 27.7. The summed E-state index contributed by atoms with van der Waals surface area (Å²) in [6.07, 6.45) is 1.47. The topological polar surface area (TPSA) is 121 Å². The highest BCUT2D eigenvalue weighted by Gasteiger charge is 2.31. The van der Waals surface area contributed by atoms with Crippen LogP contribution in [0.1, 0.15) is 17.0 Å². The Hall–Kier alpha value is -4.39. The third-order valence-electron chi connectivity index (χ3n) is 6.85. The Kier molecular flexibility index (Phi) is 10.5. The number of anilines is 1. The summed E-state index contributed by atoms with van der Waals surface area (Å²) in [6, 6.07) is 15.9. The molecule has 0 atom stereocenters. The van der Waals surface area contributed by atoms with Crippen molar-refractivity contribution in [3.63, 3.8) is 0 Å². The van der Waals surface area contributed by atoms with Crippen molar-refractivity contribution < 1.29 is 32.2 Å². The summed E-state index contributed by atoms with van der Waals surface area (Å²) in [4.78, 5) is 13.1. The SMILES string of the molecule is COc1ccc(OC)c(N(CC(=O)N/N=C\c2cc(C)n(-c3cc(Cl)cc(Cl)c3)c2C)S(=O)(=O)c2ccc(OC)c(OC)c2)c1. The molecule has 1 amide bonds. The van der Waals surface area contributed by atoms with Gasteiger partial charge in [-0.1, -0.05) is 23.2 Å². The van der Waals surface area contributed by atoms with Gasteiger partial charge in [0.2, 0.25) is 0 Å². The number of sulfonamides is 1. The number of aromatic nitrogens is 1. The molecule has 0 unspecified atom stereocenters. The van der Waals surface area contributed by atoms with Gasteiger partial charge in [0.1, 0.15) is 18.0 Å². The van der Waals surface area contributed by atoms with Gasteiger partial charge in [-0.15, -0.1) is 0 Å². The fourth-order valence-electron chi connectivity index (χ4n) is 4.72. The van der Waals surface area contributed by atoms with Crippen molar-refractivity contribution >= 4 is 51.0 Å². The van der Waals surface area contributed by atoms with Crippen LogP contribution >= 0.6 is 23.2 Å².